The number of carbonyl (C=O) groups is 2. The summed E-state index contributed by atoms with van der Waals surface area (Å²) in [6.45, 7) is 4.72. The molecule has 0 aliphatic carbocycles. The minimum atomic E-state index is -0.214. The first-order valence-electron chi connectivity index (χ1n) is 8.58. The fourth-order valence-electron chi connectivity index (χ4n) is 3.84. The quantitative estimate of drug-likeness (QED) is 0.821. The van der Waals surface area contributed by atoms with Gasteiger partial charge in [-0.25, -0.2) is 0 Å². The Balaban J connectivity index is 1.60. The van der Waals surface area contributed by atoms with E-state index in [0.717, 1.165) is 18.8 Å². The van der Waals surface area contributed by atoms with E-state index in [1.165, 1.54) is 0 Å². The van der Waals surface area contributed by atoms with Crippen molar-refractivity contribution in [1.82, 2.24) is 19.7 Å². The molecule has 3 unspecified atom stereocenters. The monoisotopic (exact) mass is 330 g/mol. The zero-order valence-electron chi connectivity index (χ0n) is 14.7. The minimum absolute atomic E-state index is 0.0513. The first kappa shape index (κ1) is 16.9. The van der Waals surface area contributed by atoms with Gasteiger partial charge in [-0.2, -0.15) is 0 Å². The standard InChI is InChI=1S/C18H26N4O2/c1-13-9-22(12-16(13)20(2)3)18(24)14-8-17(23)21(10-14)11-15-6-4-5-7-19-15/h4-7,13-14,16H,8-12H2,1-3H3. The summed E-state index contributed by atoms with van der Waals surface area (Å²) in [6.07, 6.45) is 2.05. The van der Waals surface area contributed by atoms with Crippen LogP contribution in [0.15, 0.2) is 24.4 Å². The molecule has 0 bridgehead atoms. The third kappa shape index (κ3) is 3.43. The molecule has 2 aliphatic heterocycles. The summed E-state index contributed by atoms with van der Waals surface area (Å²) in [4.78, 5) is 35.2. The Kier molecular flexibility index (Phi) is 4.85. The number of likely N-dealkylation sites (tertiary alicyclic amines) is 2. The predicted octanol–water partition coefficient (Wildman–Crippen LogP) is 0.839. The molecule has 0 saturated carbocycles. The average Bonchev–Trinajstić information content (AvgIpc) is 3.11. The number of pyridine rings is 1. The molecule has 130 valence electrons. The summed E-state index contributed by atoms with van der Waals surface area (Å²) in [5.41, 5.74) is 0.862. The molecule has 2 amide bonds. The molecule has 6 nitrogen and oxygen atoms in total. The molecule has 2 aliphatic rings. The fraction of sp³-hybridized carbons (Fsp3) is 0.611. The van der Waals surface area contributed by atoms with Crippen molar-refractivity contribution >= 4 is 11.8 Å². The van der Waals surface area contributed by atoms with Crippen molar-refractivity contribution in [2.45, 2.75) is 25.9 Å². The molecule has 0 N–H and O–H groups in total. The van der Waals surface area contributed by atoms with Crippen LogP contribution in [0, 0.1) is 11.8 Å². The van der Waals surface area contributed by atoms with Gasteiger partial charge in [0, 0.05) is 38.3 Å². The van der Waals surface area contributed by atoms with Crippen molar-refractivity contribution in [1.29, 1.82) is 0 Å². The van der Waals surface area contributed by atoms with Crippen molar-refractivity contribution in [2.24, 2.45) is 11.8 Å². The Morgan fingerprint density at radius 2 is 2.08 bits per heavy atom. The van der Waals surface area contributed by atoms with Crippen LogP contribution < -0.4 is 0 Å². The van der Waals surface area contributed by atoms with E-state index >= 15 is 0 Å². The number of carbonyl (C=O) groups excluding carboxylic acids is 2. The van der Waals surface area contributed by atoms with Crippen molar-refractivity contribution < 1.29 is 9.59 Å². The average molecular weight is 330 g/mol. The van der Waals surface area contributed by atoms with Gasteiger partial charge in [0.25, 0.3) is 0 Å². The van der Waals surface area contributed by atoms with E-state index in [-0.39, 0.29) is 17.7 Å². The predicted molar refractivity (Wildman–Crippen MR) is 91.0 cm³/mol. The van der Waals surface area contributed by atoms with Crippen LogP contribution in [0.25, 0.3) is 0 Å². The van der Waals surface area contributed by atoms with Crippen LogP contribution in [-0.2, 0) is 16.1 Å². The van der Waals surface area contributed by atoms with E-state index in [2.05, 4.69) is 30.9 Å². The maximum absolute atomic E-state index is 12.8. The summed E-state index contributed by atoms with van der Waals surface area (Å²) in [7, 11) is 4.12. The second-order valence-corrected chi connectivity index (χ2v) is 7.25. The van der Waals surface area contributed by atoms with Gasteiger partial charge >= 0.3 is 0 Å². The lowest BCUT2D eigenvalue weighted by atomic mass is 10.1. The molecular formula is C18H26N4O2. The van der Waals surface area contributed by atoms with Crippen LogP contribution in [0.4, 0.5) is 0 Å². The summed E-state index contributed by atoms with van der Waals surface area (Å²) >= 11 is 0. The number of hydrogen-bond acceptors (Lipinski definition) is 4. The number of hydrogen-bond donors (Lipinski definition) is 0. The van der Waals surface area contributed by atoms with Gasteiger partial charge in [-0.15, -0.1) is 0 Å². The topological polar surface area (TPSA) is 56.8 Å². The van der Waals surface area contributed by atoms with Crippen molar-refractivity contribution in [3.8, 4) is 0 Å². The number of nitrogens with zero attached hydrogens (tertiary/aromatic N) is 4. The maximum atomic E-state index is 12.8. The second-order valence-electron chi connectivity index (χ2n) is 7.25. The summed E-state index contributed by atoms with van der Waals surface area (Å²) in [5.74, 6) is 0.429. The van der Waals surface area contributed by atoms with Crippen LogP contribution in [0.5, 0.6) is 0 Å². The van der Waals surface area contributed by atoms with Crippen molar-refractivity contribution in [2.75, 3.05) is 33.7 Å². The Labute approximate surface area is 143 Å². The normalized spacial score (nSPS) is 27.3. The van der Waals surface area contributed by atoms with Crippen LogP contribution in [-0.4, -0.2) is 71.3 Å². The number of rotatable bonds is 4. The lowest BCUT2D eigenvalue weighted by Gasteiger charge is -2.23. The van der Waals surface area contributed by atoms with Gasteiger partial charge in [0.15, 0.2) is 0 Å². The minimum Gasteiger partial charge on any atom is -0.340 e. The highest BCUT2D eigenvalue weighted by atomic mass is 16.2. The van der Waals surface area contributed by atoms with Gasteiger partial charge in [-0.1, -0.05) is 13.0 Å². The molecule has 3 atom stereocenters. The third-order valence-corrected chi connectivity index (χ3v) is 5.19. The van der Waals surface area contributed by atoms with Gasteiger partial charge in [0.2, 0.25) is 11.8 Å². The molecule has 3 rings (SSSR count). The second kappa shape index (κ2) is 6.89. The highest BCUT2D eigenvalue weighted by Gasteiger charge is 2.40. The molecule has 0 aromatic carbocycles. The highest BCUT2D eigenvalue weighted by molar-refractivity contribution is 5.89. The van der Waals surface area contributed by atoms with Crippen molar-refractivity contribution in [3.05, 3.63) is 30.1 Å². The Hall–Kier alpha value is -1.95. The first-order chi connectivity index (χ1) is 11.5. The summed E-state index contributed by atoms with van der Waals surface area (Å²) in [6, 6.07) is 6.08. The summed E-state index contributed by atoms with van der Waals surface area (Å²) < 4.78 is 0. The molecule has 0 spiro atoms. The van der Waals surface area contributed by atoms with Crippen LogP contribution in [0.2, 0.25) is 0 Å². The molecule has 24 heavy (non-hydrogen) atoms. The molecule has 0 radical (unpaired) electrons. The van der Waals surface area contributed by atoms with Crippen LogP contribution in [0.1, 0.15) is 19.0 Å². The molecular weight excluding hydrogens is 304 g/mol. The van der Waals surface area contributed by atoms with Gasteiger partial charge < -0.3 is 14.7 Å². The SMILES string of the molecule is CC1CN(C(=O)C2CC(=O)N(Cc3ccccn3)C2)CC1N(C)C. The molecule has 2 saturated heterocycles. The lowest BCUT2D eigenvalue weighted by molar-refractivity contribution is -0.135. The summed E-state index contributed by atoms with van der Waals surface area (Å²) in [5, 5.41) is 0. The number of aromatic nitrogens is 1. The largest absolute Gasteiger partial charge is 0.340 e. The van der Waals surface area contributed by atoms with Gasteiger partial charge in [-0.3, -0.25) is 14.6 Å². The van der Waals surface area contributed by atoms with E-state index in [9.17, 15) is 9.59 Å². The molecule has 1 aromatic rings. The van der Waals surface area contributed by atoms with E-state index in [0.29, 0.717) is 31.5 Å². The van der Waals surface area contributed by atoms with E-state index < -0.39 is 0 Å². The number of amides is 2. The fourth-order valence-corrected chi connectivity index (χ4v) is 3.84. The van der Waals surface area contributed by atoms with E-state index in [4.69, 9.17) is 0 Å². The Morgan fingerprint density at radius 1 is 1.29 bits per heavy atom. The number of likely N-dealkylation sites (N-methyl/N-ethyl adjacent to an activating group) is 1. The van der Waals surface area contributed by atoms with Crippen molar-refractivity contribution in [3.63, 3.8) is 0 Å². The molecule has 2 fully saturated rings. The molecule has 1 aromatic heterocycles. The smallest absolute Gasteiger partial charge is 0.228 e. The van der Waals surface area contributed by atoms with Gasteiger partial charge in [-0.05, 0) is 32.1 Å². The molecule has 6 heteroatoms. The Morgan fingerprint density at radius 3 is 2.71 bits per heavy atom. The third-order valence-electron chi connectivity index (χ3n) is 5.19. The lowest BCUT2D eigenvalue weighted by Crippen LogP contribution is -2.38. The zero-order valence-corrected chi connectivity index (χ0v) is 14.7. The zero-order chi connectivity index (χ0) is 17.3. The van der Waals surface area contributed by atoms with Gasteiger partial charge in [0.1, 0.15) is 0 Å². The van der Waals surface area contributed by atoms with Crippen LogP contribution in [0.3, 0.4) is 0 Å². The Bertz CT molecular complexity index is 604. The van der Waals surface area contributed by atoms with Crippen LogP contribution >= 0.6 is 0 Å². The maximum Gasteiger partial charge on any atom is 0.228 e. The highest BCUT2D eigenvalue weighted by Crippen LogP contribution is 2.26. The van der Waals surface area contributed by atoms with Gasteiger partial charge in [0.05, 0.1) is 18.2 Å². The van der Waals surface area contributed by atoms with E-state index in [1.807, 2.05) is 23.1 Å². The molecule has 3 heterocycles. The first-order valence-corrected chi connectivity index (χ1v) is 8.58. The van der Waals surface area contributed by atoms with E-state index in [1.54, 1.807) is 11.1 Å².